The van der Waals surface area contributed by atoms with Gasteiger partial charge in [0.15, 0.2) is 0 Å². The molecule has 2 aromatic heterocycles. The number of likely N-dealkylation sites (N-methyl/N-ethyl adjacent to an activating group) is 1. The third-order valence-corrected chi connectivity index (χ3v) is 8.76. The van der Waals surface area contributed by atoms with Crippen molar-refractivity contribution in [1.29, 1.82) is 0 Å². The van der Waals surface area contributed by atoms with Gasteiger partial charge in [-0.2, -0.15) is 5.10 Å². The Balaban J connectivity index is 1.21. The molecule has 3 fully saturated rings. The molecule has 0 atom stereocenters. The van der Waals surface area contributed by atoms with Gasteiger partial charge in [-0.05, 0) is 58.6 Å². The number of aromatic nitrogens is 2. The molecule has 0 unspecified atom stereocenters. The Hall–Kier alpha value is -1.93. The predicted molar refractivity (Wildman–Crippen MR) is 127 cm³/mol. The average Bonchev–Trinajstić information content (AvgIpc) is 3.36. The number of hydrogen-bond acceptors (Lipinski definition) is 5. The van der Waals surface area contributed by atoms with E-state index in [2.05, 4.69) is 26.7 Å². The Bertz CT molecular complexity index is 984. The lowest BCUT2D eigenvalue weighted by Gasteiger charge is -2.41. The van der Waals surface area contributed by atoms with Crippen LogP contribution in [0.15, 0.2) is 6.07 Å². The van der Waals surface area contributed by atoms with Crippen LogP contribution in [0.3, 0.4) is 0 Å². The van der Waals surface area contributed by atoms with Crippen LogP contribution in [-0.2, 0) is 4.79 Å². The molecule has 5 rings (SSSR count). The van der Waals surface area contributed by atoms with Gasteiger partial charge in [-0.15, -0.1) is 11.3 Å². The minimum absolute atomic E-state index is 0.0416. The number of fused-ring (bicyclic) bond motifs is 1. The molecule has 0 spiro atoms. The molecular formula is C24H35N5O2S. The monoisotopic (exact) mass is 457 g/mol. The minimum Gasteiger partial charge on any atom is -0.349 e. The van der Waals surface area contributed by atoms with Gasteiger partial charge in [0, 0.05) is 30.6 Å². The third-order valence-electron chi connectivity index (χ3n) is 7.63. The van der Waals surface area contributed by atoms with Crippen molar-refractivity contribution >= 4 is 33.4 Å². The zero-order chi connectivity index (χ0) is 22.2. The molecule has 1 aliphatic heterocycles. The van der Waals surface area contributed by atoms with Crippen molar-refractivity contribution in [3.63, 3.8) is 0 Å². The van der Waals surface area contributed by atoms with Crippen molar-refractivity contribution in [2.24, 2.45) is 0 Å². The van der Waals surface area contributed by atoms with Crippen LogP contribution in [0.2, 0.25) is 0 Å². The molecule has 1 saturated heterocycles. The molecule has 174 valence electrons. The Morgan fingerprint density at radius 2 is 1.81 bits per heavy atom. The molecular weight excluding hydrogens is 422 g/mol. The number of carbonyl (C=O) groups is 2. The van der Waals surface area contributed by atoms with Gasteiger partial charge < -0.3 is 10.2 Å². The van der Waals surface area contributed by atoms with E-state index in [0.29, 0.717) is 18.6 Å². The van der Waals surface area contributed by atoms with Crippen LogP contribution in [0.4, 0.5) is 0 Å². The summed E-state index contributed by atoms with van der Waals surface area (Å²) in [5, 5.41) is 9.22. The van der Waals surface area contributed by atoms with E-state index in [-0.39, 0.29) is 17.9 Å². The maximum atomic E-state index is 13.1. The van der Waals surface area contributed by atoms with Crippen molar-refractivity contribution in [2.45, 2.75) is 82.8 Å². The molecule has 2 aliphatic carbocycles. The van der Waals surface area contributed by atoms with Crippen molar-refractivity contribution in [1.82, 2.24) is 24.9 Å². The Kier molecular flexibility index (Phi) is 6.25. The molecule has 0 radical (unpaired) electrons. The summed E-state index contributed by atoms with van der Waals surface area (Å²) in [5.74, 6) is 0.291. The van der Waals surface area contributed by atoms with Crippen LogP contribution in [-0.4, -0.2) is 70.2 Å². The van der Waals surface area contributed by atoms with Gasteiger partial charge in [0.1, 0.15) is 4.83 Å². The summed E-state index contributed by atoms with van der Waals surface area (Å²) in [6, 6.07) is 3.04. The van der Waals surface area contributed by atoms with E-state index in [1.807, 2.05) is 13.1 Å². The van der Waals surface area contributed by atoms with Crippen molar-refractivity contribution < 1.29 is 9.59 Å². The molecule has 0 bridgehead atoms. The normalized spacial score (nSPS) is 26.1. The first-order chi connectivity index (χ1) is 15.5. The second-order valence-electron chi connectivity index (χ2n) is 9.96. The molecule has 32 heavy (non-hydrogen) atoms. The van der Waals surface area contributed by atoms with E-state index in [4.69, 9.17) is 5.10 Å². The number of carbonyl (C=O) groups excluding carboxylic acids is 2. The molecule has 0 aromatic carbocycles. The highest BCUT2D eigenvalue weighted by Gasteiger charge is 2.32. The van der Waals surface area contributed by atoms with Gasteiger partial charge in [-0.3, -0.25) is 19.2 Å². The fourth-order valence-corrected chi connectivity index (χ4v) is 6.87. The van der Waals surface area contributed by atoms with Crippen molar-refractivity contribution in [3.05, 3.63) is 16.6 Å². The lowest BCUT2D eigenvalue weighted by molar-refractivity contribution is -0.138. The molecule has 8 heteroatoms. The fourth-order valence-electron chi connectivity index (χ4n) is 5.74. The van der Waals surface area contributed by atoms with Gasteiger partial charge in [0.25, 0.3) is 5.91 Å². The summed E-state index contributed by atoms with van der Waals surface area (Å²) in [4.78, 5) is 31.5. The summed E-state index contributed by atoms with van der Waals surface area (Å²) in [6.07, 6.45) is 10.1. The van der Waals surface area contributed by atoms with E-state index in [0.717, 1.165) is 59.6 Å². The van der Waals surface area contributed by atoms with Crippen LogP contribution in [0.1, 0.15) is 79.2 Å². The molecule has 2 amide bonds. The van der Waals surface area contributed by atoms with Crippen molar-refractivity contribution in [3.8, 4) is 0 Å². The van der Waals surface area contributed by atoms with Gasteiger partial charge in [0.05, 0.1) is 23.2 Å². The molecule has 1 N–H and O–H groups in total. The second-order valence-corrected chi connectivity index (χ2v) is 11.0. The summed E-state index contributed by atoms with van der Waals surface area (Å²) in [7, 11) is 2.00. The Morgan fingerprint density at radius 1 is 1.06 bits per heavy atom. The number of nitrogens with zero attached hydrogens (tertiary/aromatic N) is 4. The van der Waals surface area contributed by atoms with E-state index in [9.17, 15) is 9.59 Å². The minimum atomic E-state index is 0.0416. The number of hydrogen-bond donors (Lipinski definition) is 1. The summed E-state index contributed by atoms with van der Waals surface area (Å²) in [6.45, 7) is 4.36. The number of rotatable bonds is 4. The van der Waals surface area contributed by atoms with Crippen LogP contribution < -0.4 is 5.32 Å². The Labute approximate surface area is 194 Å². The van der Waals surface area contributed by atoms with Crippen LogP contribution in [0.5, 0.6) is 0 Å². The van der Waals surface area contributed by atoms with Gasteiger partial charge in [-0.1, -0.05) is 19.3 Å². The maximum Gasteiger partial charge on any atom is 0.261 e. The number of amides is 2. The van der Waals surface area contributed by atoms with Gasteiger partial charge >= 0.3 is 0 Å². The number of thiophene rings is 1. The summed E-state index contributed by atoms with van der Waals surface area (Å²) in [5.41, 5.74) is 1.03. The first-order valence-electron chi connectivity index (χ1n) is 12.3. The van der Waals surface area contributed by atoms with Gasteiger partial charge in [0.2, 0.25) is 5.91 Å². The lowest BCUT2D eigenvalue weighted by Crippen LogP contribution is -2.54. The third kappa shape index (κ3) is 4.31. The fraction of sp³-hybridized carbons (Fsp3) is 0.708. The quantitative estimate of drug-likeness (QED) is 0.760. The van der Waals surface area contributed by atoms with Gasteiger partial charge in [-0.25, -0.2) is 0 Å². The predicted octanol–water partition coefficient (Wildman–Crippen LogP) is 3.73. The van der Waals surface area contributed by atoms with Crippen LogP contribution >= 0.6 is 11.3 Å². The largest absolute Gasteiger partial charge is 0.349 e. The highest BCUT2D eigenvalue weighted by molar-refractivity contribution is 7.20. The highest BCUT2D eigenvalue weighted by Crippen LogP contribution is 2.35. The molecule has 2 saturated carbocycles. The highest BCUT2D eigenvalue weighted by atomic mass is 32.1. The number of nitrogens with one attached hydrogen (secondary N) is 1. The second kappa shape index (κ2) is 9.14. The van der Waals surface area contributed by atoms with E-state index in [1.165, 1.54) is 32.1 Å². The van der Waals surface area contributed by atoms with E-state index >= 15 is 0 Å². The molecule has 7 nitrogen and oxygen atoms in total. The summed E-state index contributed by atoms with van der Waals surface area (Å²) < 4.78 is 2.20. The maximum absolute atomic E-state index is 13.1. The average molecular weight is 458 g/mol. The standard InChI is InChI=1S/C24H35N5O2S/c1-16-20-14-21(32-24(20)29(26-16)19-6-4-3-5-7-19)23(31)25-17-8-10-18(11-9-17)28-13-12-27(2)15-22(28)30/h14,17-19H,3-13,15H2,1-2H3,(H,25,31)/t17-,18-. The van der Waals surface area contributed by atoms with E-state index in [1.54, 1.807) is 11.3 Å². The summed E-state index contributed by atoms with van der Waals surface area (Å²) >= 11 is 1.59. The first kappa shape index (κ1) is 21.9. The molecule has 3 heterocycles. The topological polar surface area (TPSA) is 70.5 Å². The SMILES string of the molecule is Cc1nn(C2CCCCC2)c2sc(C(=O)N[C@H]3CC[C@H](N4CCN(C)CC4=O)CC3)cc12. The molecule has 2 aromatic rings. The number of aryl methyl sites for hydroxylation is 1. The number of piperazine rings is 1. The smallest absolute Gasteiger partial charge is 0.261 e. The van der Waals surface area contributed by atoms with E-state index < -0.39 is 0 Å². The van der Waals surface area contributed by atoms with Crippen molar-refractivity contribution in [2.75, 3.05) is 26.7 Å². The zero-order valence-electron chi connectivity index (χ0n) is 19.3. The Morgan fingerprint density at radius 3 is 2.53 bits per heavy atom. The van der Waals surface area contributed by atoms with Crippen LogP contribution in [0, 0.1) is 6.92 Å². The van der Waals surface area contributed by atoms with Crippen LogP contribution in [0.25, 0.3) is 10.2 Å². The zero-order valence-corrected chi connectivity index (χ0v) is 20.1. The lowest BCUT2D eigenvalue weighted by atomic mass is 9.89. The molecule has 3 aliphatic rings. The first-order valence-corrected chi connectivity index (χ1v) is 13.1.